The van der Waals surface area contributed by atoms with Crippen molar-refractivity contribution in [2.45, 2.75) is 129 Å². The molecule has 0 saturated heterocycles. The number of hydrogen-bond donors (Lipinski definition) is 2. The van der Waals surface area contributed by atoms with Gasteiger partial charge in [0.1, 0.15) is 0 Å². The lowest BCUT2D eigenvalue weighted by Crippen LogP contribution is -2.32. The van der Waals surface area contributed by atoms with Crippen LogP contribution in [-0.2, 0) is 9.53 Å². The lowest BCUT2D eigenvalue weighted by molar-refractivity contribution is -0.150. The van der Waals surface area contributed by atoms with Crippen LogP contribution in [0.25, 0.3) is 0 Å². The third-order valence-corrected chi connectivity index (χ3v) is 5.49. The van der Waals surface area contributed by atoms with Crippen LogP contribution < -0.4 is 0 Å². The summed E-state index contributed by atoms with van der Waals surface area (Å²) in [6.07, 6.45) is 15.8. The second-order valence-electron chi connectivity index (χ2n) is 8.05. The molecule has 162 valence electrons. The first-order chi connectivity index (χ1) is 13.1. The molecule has 0 aromatic heterocycles. The van der Waals surface area contributed by atoms with Crippen molar-refractivity contribution in [1.82, 2.24) is 0 Å². The van der Waals surface area contributed by atoms with E-state index in [0.717, 1.165) is 38.5 Å². The van der Waals surface area contributed by atoms with Gasteiger partial charge < -0.3 is 14.9 Å². The molecule has 0 aliphatic carbocycles. The van der Waals surface area contributed by atoms with Crippen LogP contribution in [0.1, 0.15) is 117 Å². The molecule has 0 bridgehead atoms. The maximum Gasteiger partial charge on any atom is 0.311 e. The van der Waals surface area contributed by atoms with Gasteiger partial charge in [0, 0.05) is 6.42 Å². The molecule has 0 aliphatic heterocycles. The molecule has 0 aromatic rings. The molecule has 2 N–H and O–H groups in total. The molecule has 0 rings (SSSR count). The third-order valence-electron chi connectivity index (χ3n) is 5.49. The Bertz CT molecular complexity index is 332. The summed E-state index contributed by atoms with van der Waals surface area (Å²) in [5.41, 5.74) is 0. The van der Waals surface area contributed by atoms with E-state index >= 15 is 0 Å². The quantitative estimate of drug-likeness (QED) is 0.218. The van der Waals surface area contributed by atoms with E-state index in [2.05, 4.69) is 13.8 Å². The topological polar surface area (TPSA) is 66.8 Å². The summed E-state index contributed by atoms with van der Waals surface area (Å²) in [5, 5.41) is 20.6. The average Bonchev–Trinajstić information content (AvgIpc) is 2.66. The Morgan fingerprint density at radius 1 is 0.741 bits per heavy atom. The number of aliphatic hydroxyl groups is 2. The molecule has 0 radical (unpaired) electrons. The summed E-state index contributed by atoms with van der Waals surface area (Å²) in [6.45, 7) is 4.39. The van der Waals surface area contributed by atoms with Gasteiger partial charge in [0.15, 0.2) is 0 Å². The van der Waals surface area contributed by atoms with Crippen molar-refractivity contribution in [2.75, 3.05) is 7.11 Å². The van der Waals surface area contributed by atoms with Crippen molar-refractivity contribution in [1.29, 1.82) is 0 Å². The minimum absolute atomic E-state index is 0.268. The Kier molecular flexibility index (Phi) is 18.3. The molecular weight excluding hydrogens is 340 g/mol. The summed E-state index contributed by atoms with van der Waals surface area (Å²) in [4.78, 5) is 12.0. The molecule has 0 unspecified atom stereocenters. The first-order valence-electron chi connectivity index (χ1n) is 11.5. The van der Waals surface area contributed by atoms with E-state index in [4.69, 9.17) is 4.74 Å². The minimum Gasteiger partial charge on any atom is -0.469 e. The number of hydrogen-bond acceptors (Lipinski definition) is 4. The van der Waals surface area contributed by atoms with E-state index in [1.807, 2.05) is 0 Å². The second kappa shape index (κ2) is 18.7. The summed E-state index contributed by atoms with van der Waals surface area (Å²) >= 11 is 0. The van der Waals surface area contributed by atoms with E-state index in [1.165, 1.54) is 52.1 Å². The predicted octanol–water partition coefficient (Wildman–Crippen LogP) is 5.78. The van der Waals surface area contributed by atoms with Crippen LogP contribution in [0, 0.1) is 5.92 Å². The normalized spacial score (nSPS) is 14.7. The fourth-order valence-electron chi connectivity index (χ4n) is 3.66. The third kappa shape index (κ3) is 15.0. The summed E-state index contributed by atoms with van der Waals surface area (Å²) in [6, 6.07) is 0. The van der Waals surface area contributed by atoms with Crippen LogP contribution in [0.5, 0.6) is 0 Å². The predicted molar refractivity (Wildman–Crippen MR) is 113 cm³/mol. The first kappa shape index (κ1) is 26.4. The maximum absolute atomic E-state index is 12.0. The van der Waals surface area contributed by atoms with Gasteiger partial charge in [-0.15, -0.1) is 0 Å². The molecule has 3 atom stereocenters. The lowest BCUT2D eigenvalue weighted by atomic mass is 9.90. The number of rotatable bonds is 19. The summed E-state index contributed by atoms with van der Waals surface area (Å²) in [7, 11) is 1.37. The highest BCUT2D eigenvalue weighted by Crippen LogP contribution is 2.21. The van der Waals surface area contributed by atoms with E-state index in [1.54, 1.807) is 0 Å². The molecule has 4 nitrogen and oxygen atoms in total. The standard InChI is InChI=1S/C23H46O4/c1-4-6-8-10-11-12-13-14-15-17-20(24)19-22(25)21(23(26)27-3)18-16-9-7-5-2/h20-22,24-25H,4-19H2,1-3H3/t20-,21+,22-/m0/s1. The number of aliphatic hydroxyl groups excluding tert-OH is 2. The van der Waals surface area contributed by atoms with Gasteiger partial charge in [-0.3, -0.25) is 4.79 Å². The number of esters is 1. The van der Waals surface area contributed by atoms with Crippen molar-refractivity contribution in [3.8, 4) is 0 Å². The van der Waals surface area contributed by atoms with Crippen LogP contribution in [0.3, 0.4) is 0 Å². The van der Waals surface area contributed by atoms with Gasteiger partial charge >= 0.3 is 5.97 Å². The van der Waals surface area contributed by atoms with Gasteiger partial charge in [0.2, 0.25) is 0 Å². The highest BCUT2D eigenvalue weighted by atomic mass is 16.5. The lowest BCUT2D eigenvalue weighted by Gasteiger charge is -2.23. The first-order valence-corrected chi connectivity index (χ1v) is 11.5. The molecule has 0 spiro atoms. The zero-order chi connectivity index (χ0) is 20.3. The van der Waals surface area contributed by atoms with Crippen LogP contribution in [0.4, 0.5) is 0 Å². The van der Waals surface area contributed by atoms with Gasteiger partial charge in [-0.05, 0) is 12.8 Å². The molecular formula is C23H46O4. The van der Waals surface area contributed by atoms with Crippen molar-refractivity contribution in [2.24, 2.45) is 5.92 Å². The average molecular weight is 387 g/mol. The minimum atomic E-state index is -0.812. The van der Waals surface area contributed by atoms with Crippen molar-refractivity contribution < 1.29 is 19.7 Å². The monoisotopic (exact) mass is 386 g/mol. The summed E-state index contributed by atoms with van der Waals surface area (Å²) in [5.74, 6) is -0.862. The van der Waals surface area contributed by atoms with E-state index < -0.39 is 18.1 Å². The smallest absolute Gasteiger partial charge is 0.311 e. The highest BCUT2D eigenvalue weighted by molar-refractivity contribution is 5.72. The SMILES string of the molecule is CCCCCCCCCCC[C@H](O)C[C@H](O)[C@@H](CCCCCC)C(=O)OC. The van der Waals surface area contributed by atoms with Crippen LogP contribution in [0.15, 0.2) is 0 Å². The maximum atomic E-state index is 12.0. The van der Waals surface area contributed by atoms with Crippen molar-refractivity contribution in [3.63, 3.8) is 0 Å². The Morgan fingerprint density at radius 2 is 1.19 bits per heavy atom. The fourth-order valence-corrected chi connectivity index (χ4v) is 3.66. The Hall–Kier alpha value is -0.610. The van der Waals surface area contributed by atoms with E-state index in [-0.39, 0.29) is 12.4 Å². The Balaban J connectivity index is 3.92. The Labute approximate surface area is 168 Å². The van der Waals surface area contributed by atoms with Gasteiger partial charge in [-0.25, -0.2) is 0 Å². The van der Waals surface area contributed by atoms with Crippen LogP contribution in [-0.4, -0.2) is 35.5 Å². The molecule has 0 heterocycles. The zero-order valence-corrected chi connectivity index (χ0v) is 18.3. The van der Waals surface area contributed by atoms with Gasteiger partial charge in [-0.1, -0.05) is 97.3 Å². The number of methoxy groups -OCH3 is 1. The molecule has 0 aromatic carbocycles. The fraction of sp³-hybridized carbons (Fsp3) is 0.957. The van der Waals surface area contributed by atoms with Gasteiger partial charge in [-0.2, -0.15) is 0 Å². The summed E-state index contributed by atoms with van der Waals surface area (Å²) < 4.78 is 4.85. The van der Waals surface area contributed by atoms with Crippen molar-refractivity contribution >= 4 is 5.97 Å². The number of carbonyl (C=O) groups is 1. The molecule has 0 fully saturated rings. The molecule has 27 heavy (non-hydrogen) atoms. The van der Waals surface area contributed by atoms with Crippen LogP contribution in [0.2, 0.25) is 0 Å². The van der Waals surface area contributed by atoms with Crippen molar-refractivity contribution in [3.05, 3.63) is 0 Å². The van der Waals surface area contributed by atoms with E-state index in [0.29, 0.717) is 12.8 Å². The number of carbonyl (C=O) groups excluding carboxylic acids is 1. The molecule has 0 saturated carbocycles. The number of ether oxygens (including phenoxy) is 1. The Morgan fingerprint density at radius 3 is 1.70 bits per heavy atom. The molecule has 0 amide bonds. The van der Waals surface area contributed by atoms with Gasteiger partial charge in [0.25, 0.3) is 0 Å². The van der Waals surface area contributed by atoms with Crippen LogP contribution >= 0.6 is 0 Å². The number of unbranched alkanes of at least 4 members (excludes halogenated alkanes) is 11. The zero-order valence-electron chi connectivity index (χ0n) is 18.3. The van der Waals surface area contributed by atoms with E-state index in [9.17, 15) is 15.0 Å². The largest absolute Gasteiger partial charge is 0.469 e. The van der Waals surface area contributed by atoms with Gasteiger partial charge in [0.05, 0.1) is 25.2 Å². The molecule has 0 aliphatic rings. The highest BCUT2D eigenvalue weighted by Gasteiger charge is 2.28. The second-order valence-corrected chi connectivity index (χ2v) is 8.05. The molecule has 4 heteroatoms.